The lowest BCUT2D eigenvalue weighted by Crippen LogP contribution is -2.32. The van der Waals surface area contributed by atoms with Crippen molar-refractivity contribution < 1.29 is 14.6 Å². The normalized spacial score (nSPS) is 12.4. The SMILES string of the molecule is CCOCC(Nc1nccc(C(=O)O)n1)C(C)C. The number of aromatic carboxylic acids is 1. The molecule has 1 aromatic rings. The maximum Gasteiger partial charge on any atom is 0.354 e. The zero-order valence-corrected chi connectivity index (χ0v) is 10.9. The molecule has 1 unspecified atom stereocenters. The number of carbonyl (C=O) groups is 1. The lowest BCUT2D eigenvalue weighted by Gasteiger charge is -2.22. The molecular weight excluding hydrogens is 234 g/mol. The van der Waals surface area contributed by atoms with E-state index in [-0.39, 0.29) is 11.7 Å². The fourth-order valence-corrected chi connectivity index (χ4v) is 1.36. The van der Waals surface area contributed by atoms with Gasteiger partial charge in [0.2, 0.25) is 5.95 Å². The van der Waals surface area contributed by atoms with Crippen LogP contribution in [0.25, 0.3) is 0 Å². The Morgan fingerprint density at radius 2 is 2.28 bits per heavy atom. The Bertz CT molecular complexity index is 396. The lowest BCUT2D eigenvalue weighted by atomic mass is 10.1. The van der Waals surface area contributed by atoms with Crippen LogP contribution in [0.1, 0.15) is 31.3 Å². The molecule has 2 N–H and O–H groups in total. The van der Waals surface area contributed by atoms with E-state index in [1.165, 1.54) is 12.3 Å². The second-order valence-corrected chi connectivity index (χ2v) is 4.22. The molecule has 6 heteroatoms. The van der Waals surface area contributed by atoms with Crippen LogP contribution in [0.2, 0.25) is 0 Å². The molecule has 0 amide bonds. The van der Waals surface area contributed by atoms with E-state index in [1.54, 1.807) is 0 Å². The summed E-state index contributed by atoms with van der Waals surface area (Å²) in [6.45, 7) is 7.21. The fraction of sp³-hybridized carbons (Fsp3) is 0.583. The molecule has 0 radical (unpaired) electrons. The van der Waals surface area contributed by atoms with Crippen LogP contribution in [0.5, 0.6) is 0 Å². The van der Waals surface area contributed by atoms with Crippen molar-refractivity contribution in [1.82, 2.24) is 9.97 Å². The highest BCUT2D eigenvalue weighted by molar-refractivity contribution is 5.85. The van der Waals surface area contributed by atoms with Gasteiger partial charge in [-0.2, -0.15) is 0 Å². The van der Waals surface area contributed by atoms with Crippen LogP contribution in [0.15, 0.2) is 12.3 Å². The van der Waals surface area contributed by atoms with Gasteiger partial charge >= 0.3 is 5.97 Å². The van der Waals surface area contributed by atoms with Crippen LogP contribution < -0.4 is 5.32 Å². The summed E-state index contributed by atoms with van der Waals surface area (Å²) in [5.74, 6) is -0.423. The first-order valence-corrected chi connectivity index (χ1v) is 5.95. The number of hydrogen-bond donors (Lipinski definition) is 2. The van der Waals surface area contributed by atoms with Crippen LogP contribution in [0.4, 0.5) is 5.95 Å². The number of anilines is 1. The van der Waals surface area contributed by atoms with Crippen LogP contribution in [0.3, 0.4) is 0 Å². The molecule has 0 aliphatic heterocycles. The molecular formula is C12H19N3O3. The number of ether oxygens (including phenoxy) is 1. The molecule has 0 aliphatic rings. The summed E-state index contributed by atoms with van der Waals surface area (Å²) >= 11 is 0. The van der Waals surface area contributed by atoms with E-state index in [1.807, 2.05) is 6.92 Å². The highest BCUT2D eigenvalue weighted by Gasteiger charge is 2.15. The van der Waals surface area contributed by atoms with E-state index in [0.717, 1.165) is 0 Å². The van der Waals surface area contributed by atoms with Gasteiger partial charge in [-0.1, -0.05) is 13.8 Å². The molecule has 0 spiro atoms. The van der Waals surface area contributed by atoms with Gasteiger partial charge in [-0.25, -0.2) is 14.8 Å². The molecule has 0 saturated carbocycles. The predicted octanol–water partition coefficient (Wildman–Crippen LogP) is 1.65. The van der Waals surface area contributed by atoms with Crippen LogP contribution in [-0.2, 0) is 4.74 Å². The number of aromatic nitrogens is 2. The Balaban J connectivity index is 2.73. The molecule has 1 rings (SSSR count). The topological polar surface area (TPSA) is 84.3 Å². The van der Waals surface area contributed by atoms with Gasteiger partial charge in [0.1, 0.15) is 0 Å². The van der Waals surface area contributed by atoms with Crippen molar-refractivity contribution >= 4 is 11.9 Å². The van der Waals surface area contributed by atoms with E-state index in [4.69, 9.17) is 9.84 Å². The van der Waals surface area contributed by atoms with Gasteiger partial charge in [0.05, 0.1) is 12.6 Å². The maximum absolute atomic E-state index is 10.8. The van der Waals surface area contributed by atoms with Crippen molar-refractivity contribution in [3.8, 4) is 0 Å². The average Bonchev–Trinajstić information content (AvgIpc) is 2.34. The summed E-state index contributed by atoms with van der Waals surface area (Å²) in [6.07, 6.45) is 1.43. The smallest absolute Gasteiger partial charge is 0.354 e. The molecule has 100 valence electrons. The van der Waals surface area contributed by atoms with E-state index in [0.29, 0.717) is 25.1 Å². The van der Waals surface area contributed by atoms with Gasteiger partial charge in [0, 0.05) is 12.8 Å². The second-order valence-electron chi connectivity index (χ2n) is 4.22. The summed E-state index contributed by atoms with van der Waals surface area (Å²) in [5.41, 5.74) is -0.0218. The minimum Gasteiger partial charge on any atom is -0.477 e. The molecule has 1 aromatic heterocycles. The highest BCUT2D eigenvalue weighted by Crippen LogP contribution is 2.09. The Morgan fingerprint density at radius 3 is 2.83 bits per heavy atom. The van der Waals surface area contributed by atoms with Crippen molar-refractivity contribution in [3.05, 3.63) is 18.0 Å². The number of hydrogen-bond acceptors (Lipinski definition) is 5. The fourth-order valence-electron chi connectivity index (χ4n) is 1.36. The first-order valence-electron chi connectivity index (χ1n) is 5.95. The molecule has 18 heavy (non-hydrogen) atoms. The van der Waals surface area contributed by atoms with Gasteiger partial charge in [-0.15, -0.1) is 0 Å². The zero-order chi connectivity index (χ0) is 13.5. The van der Waals surface area contributed by atoms with Crippen LogP contribution in [0, 0.1) is 5.92 Å². The third-order valence-electron chi connectivity index (χ3n) is 2.50. The Hall–Kier alpha value is -1.69. The standard InChI is InChI=1S/C12H19N3O3/c1-4-18-7-10(8(2)3)15-12-13-6-5-9(14-12)11(16)17/h5-6,8,10H,4,7H2,1-3H3,(H,16,17)(H,13,14,15). The Labute approximate surface area is 106 Å². The Kier molecular flexibility index (Phi) is 5.51. The Morgan fingerprint density at radius 1 is 1.56 bits per heavy atom. The number of carboxylic acids is 1. The summed E-state index contributed by atoms with van der Waals surface area (Å²) in [6, 6.07) is 1.41. The van der Waals surface area contributed by atoms with Crippen molar-refractivity contribution in [3.63, 3.8) is 0 Å². The number of rotatable bonds is 7. The molecule has 0 saturated heterocycles. The third-order valence-corrected chi connectivity index (χ3v) is 2.50. The van der Waals surface area contributed by atoms with E-state index < -0.39 is 5.97 Å². The molecule has 0 aromatic carbocycles. The minimum atomic E-state index is -1.06. The van der Waals surface area contributed by atoms with Crippen molar-refractivity contribution in [2.24, 2.45) is 5.92 Å². The summed E-state index contributed by atoms with van der Waals surface area (Å²) in [4.78, 5) is 18.7. The number of carboxylic acid groups (broad SMARTS) is 1. The molecule has 0 bridgehead atoms. The van der Waals surface area contributed by atoms with Gasteiger partial charge in [0.25, 0.3) is 0 Å². The highest BCUT2D eigenvalue weighted by atomic mass is 16.5. The summed E-state index contributed by atoms with van der Waals surface area (Å²) in [7, 11) is 0. The van der Waals surface area contributed by atoms with Crippen molar-refractivity contribution in [2.75, 3.05) is 18.5 Å². The molecule has 1 heterocycles. The molecule has 0 fully saturated rings. The first-order chi connectivity index (χ1) is 8.54. The van der Waals surface area contributed by atoms with Crippen LogP contribution >= 0.6 is 0 Å². The minimum absolute atomic E-state index is 0.0218. The molecule has 6 nitrogen and oxygen atoms in total. The van der Waals surface area contributed by atoms with E-state index in [2.05, 4.69) is 29.1 Å². The van der Waals surface area contributed by atoms with Crippen molar-refractivity contribution in [1.29, 1.82) is 0 Å². The quantitative estimate of drug-likeness (QED) is 0.768. The van der Waals surface area contributed by atoms with E-state index >= 15 is 0 Å². The van der Waals surface area contributed by atoms with Gasteiger partial charge in [-0.3, -0.25) is 0 Å². The third kappa shape index (κ3) is 4.29. The zero-order valence-electron chi connectivity index (χ0n) is 10.9. The van der Waals surface area contributed by atoms with E-state index in [9.17, 15) is 4.79 Å². The maximum atomic E-state index is 10.8. The molecule has 0 aliphatic carbocycles. The summed E-state index contributed by atoms with van der Waals surface area (Å²) < 4.78 is 5.37. The molecule has 1 atom stereocenters. The first kappa shape index (κ1) is 14.4. The van der Waals surface area contributed by atoms with Gasteiger partial charge in [-0.05, 0) is 18.9 Å². The van der Waals surface area contributed by atoms with Gasteiger partial charge < -0.3 is 15.2 Å². The monoisotopic (exact) mass is 253 g/mol. The largest absolute Gasteiger partial charge is 0.477 e. The lowest BCUT2D eigenvalue weighted by molar-refractivity contribution is 0.0690. The van der Waals surface area contributed by atoms with Crippen LogP contribution in [-0.4, -0.2) is 40.3 Å². The predicted molar refractivity (Wildman–Crippen MR) is 67.7 cm³/mol. The average molecular weight is 253 g/mol. The number of nitrogens with one attached hydrogen (secondary N) is 1. The van der Waals surface area contributed by atoms with Gasteiger partial charge in [0.15, 0.2) is 5.69 Å². The number of nitrogens with zero attached hydrogens (tertiary/aromatic N) is 2. The second kappa shape index (κ2) is 6.90. The summed E-state index contributed by atoms with van der Waals surface area (Å²) in [5, 5.41) is 11.9. The van der Waals surface area contributed by atoms with Crippen molar-refractivity contribution in [2.45, 2.75) is 26.8 Å².